The van der Waals surface area contributed by atoms with Gasteiger partial charge in [-0.15, -0.1) is 0 Å². The van der Waals surface area contributed by atoms with Crippen molar-refractivity contribution in [2.75, 3.05) is 5.32 Å². The zero-order chi connectivity index (χ0) is 13.9. The summed E-state index contributed by atoms with van der Waals surface area (Å²) in [4.78, 5) is 12.1. The number of nitrogens with zero attached hydrogens (tertiary/aromatic N) is 2. The Balaban J connectivity index is 1.78. The molecule has 2 aromatic heterocycles. The summed E-state index contributed by atoms with van der Waals surface area (Å²) < 4.78 is 1.99. The predicted octanol–water partition coefficient (Wildman–Crippen LogP) is 2.76. The Labute approximate surface area is 116 Å². The van der Waals surface area contributed by atoms with Crippen molar-refractivity contribution in [1.29, 1.82) is 0 Å². The van der Waals surface area contributed by atoms with E-state index in [9.17, 15) is 4.79 Å². The number of anilines is 1. The molecule has 0 atom stereocenters. The molecular formula is C15H14N4O. The van der Waals surface area contributed by atoms with Crippen molar-refractivity contribution in [2.24, 2.45) is 0 Å². The molecule has 0 saturated carbocycles. The Morgan fingerprint density at radius 2 is 1.90 bits per heavy atom. The number of aryl methyl sites for hydroxylation is 1. The Kier molecular flexibility index (Phi) is 3.09. The van der Waals surface area contributed by atoms with Gasteiger partial charge in [0.05, 0.1) is 6.20 Å². The van der Waals surface area contributed by atoms with Crippen LogP contribution in [-0.4, -0.2) is 20.7 Å². The predicted molar refractivity (Wildman–Crippen MR) is 77.0 cm³/mol. The number of hydrogen-bond donors (Lipinski definition) is 2. The van der Waals surface area contributed by atoms with E-state index in [1.54, 1.807) is 18.3 Å². The molecule has 20 heavy (non-hydrogen) atoms. The summed E-state index contributed by atoms with van der Waals surface area (Å²) in [6.07, 6.45) is 5.59. The van der Waals surface area contributed by atoms with Gasteiger partial charge in [0.25, 0.3) is 5.91 Å². The van der Waals surface area contributed by atoms with Gasteiger partial charge in [0.15, 0.2) is 0 Å². The summed E-state index contributed by atoms with van der Waals surface area (Å²) in [5.41, 5.74) is 2.53. The molecule has 1 amide bonds. The molecule has 0 fully saturated rings. The van der Waals surface area contributed by atoms with Crippen LogP contribution in [0.25, 0.3) is 5.69 Å². The largest absolute Gasteiger partial charge is 0.324 e. The lowest BCUT2D eigenvalue weighted by Gasteiger charge is -2.06. The van der Waals surface area contributed by atoms with Gasteiger partial charge in [0.2, 0.25) is 0 Å². The Bertz CT molecular complexity index is 711. The number of carbonyl (C=O) groups excluding carboxylic acids is 1. The molecule has 3 rings (SSSR count). The van der Waals surface area contributed by atoms with Gasteiger partial charge in [0.1, 0.15) is 5.82 Å². The van der Waals surface area contributed by atoms with E-state index in [1.807, 2.05) is 48.1 Å². The maximum absolute atomic E-state index is 12.1. The molecule has 1 aromatic carbocycles. The van der Waals surface area contributed by atoms with Crippen LogP contribution in [0.2, 0.25) is 0 Å². The highest BCUT2D eigenvalue weighted by molar-refractivity contribution is 6.04. The second kappa shape index (κ2) is 5.05. The quantitative estimate of drug-likeness (QED) is 0.765. The van der Waals surface area contributed by atoms with E-state index < -0.39 is 0 Å². The Morgan fingerprint density at radius 1 is 1.20 bits per heavy atom. The van der Waals surface area contributed by atoms with Crippen molar-refractivity contribution in [1.82, 2.24) is 14.8 Å². The van der Waals surface area contributed by atoms with Crippen LogP contribution in [0.3, 0.4) is 0 Å². The first kappa shape index (κ1) is 12.2. The van der Waals surface area contributed by atoms with E-state index in [4.69, 9.17) is 0 Å². The van der Waals surface area contributed by atoms with Gasteiger partial charge in [-0.2, -0.15) is 5.10 Å². The molecule has 3 aromatic rings. The highest BCUT2D eigenvalue weighted by atomic mass is 16.1. The van der Waals surface area contributed by atoms with Crippen LogP contribution in [0.15, 0.2) is 55.0 Å². The van der Waals surface area contributed by atoms with E-state index >= 15 is 0 Å². The molecule has 5 heteroatoms. The minimum absolute atomic E-state index is 0.156. The molecule has 0 aliphatic rings. The molecule has 0 aliphatic carbocycles. The molecule has 0 radical (unpaired) electrons. The van der Waals surface area contributed by atoms with Crippen molar-refractivity contribution in [3.63, 3.8) is 0 Å². The van der Waals surface area contributed by atoms with E-state index in [1.165, 1.54) is 0 Å². The molecule has 0 saturated heterocycles. The SMILES string of the molecule is Cc1cn[nH]c1NC(=O)c1ccc(-n2cccc2)cc1. The van der Waals surface area contributed by atoms with Gasteiger partial charge in [-0.1, -0.05) is 0 Å². The molecule has 0 aliphatic heterocycles. The fraction of sp³-hybridized carbons (Fsp3) is 0.0667. The highest BCUT2D eigenvalue weighted by Crippen LogP contribution is 2.13. The molecule has 2 heterocycles. The number of hydrogen-bond acceptors (Lipinski definition) is 2. The molecular weight excluding hydrogens is 252 g/mol. The third-order valence-electron chi connectivity index (χ3n) is 3.10. The van der Waals surface area contributed by atoms with Crippen molar-refractivity contribution < 1.29 is 4.79 Å². The topological polar surface area (TPSA) is 62.7 Å². The molecule has 0 unspecified atom stereocenters. The number of benzene rings is 1. The van der Waals surface area contributed by atoms with Crippen molar-refractivity contribution in [2.45, 2.75) is 6.92 Å². The number of amides is 1. The number of aromatic nitrogens is 3. The minimum Gasteiger partial charge on any atom is -0.324 e. The van der Waals surface area contributed by atoms with Gasteiger partial charge in [-0.25, -0.2) is 0 Å². The zero-order valence-corrected chi connectivity index (χ0v) is 11.0. The molecule has 5 nitrogen and oxygen atoms in total. The number of rotatable bonds is 3. The van der Waals surface area contributed by atoms with E-state index in [2.05, 4.69) is 15.5 Å². The smallest absolute Gasteiger partial charge is 0.256 e. The summed E-state index contributed by atoms with van der Waals surface area (Å²) in [6, 6.07) is 11.3. The van der Waals surface area contributed by atoms with Gasteiger partial charge >= 0.3 is 0 Å². The van der Waals surface area contributed by atoms with Crippen molar-refractivity contribution in [3.05, 3.63) is 66.1 Å². The van der Waals surface area contributed by atoms with E-state index in [-0.39, 0.29) is 5.91 Å². The number of nitrogens with one attached hydrogen (secondary N) is 2. The van der Waals surface area contributed by atoms with Crippen molar-refractivity contribution in [3.8, 4) is 5.69 Å². The van der Waals surface area contributed by atoms with Crippen LogP contribution in [0.5, 0.6) is 0 Å². The Hall–Kier alpha value is -2.82. The first-order valence-electron chi connectivity index (χ1n) is 6.29. The van der Waals surface area contributed by atoms with Gasteiger partial charge in [-0.05, 0) is 43.3 Å². The summed E-state index contributed by atoms with van der Waals surface area (Å²) in [7, 11) is 0. The van der Waals surface area contributed by atoms with Crippen LogP contribution in [0.1, 0.15) is 15.9 Å². The molecule has 0 spiro atoms. The second-order valence-corrected chi connectivity index (χ2v) is 4.52. The van der Waals surface area contributed by atoms with Crippen LogP contribution in [-0.2, 0) is 0 Å². The summed E-state index contributed by atoms with van der Waals surface area (Å²) >= 11 is 0. The lowest BCUT2D eigenvalue weighted by atomic mass is 10.2. The molecule has 2 N–H and O–H groups in total. The van der Waals surface area contributed by atoms with E-state index in [0.717, 1.165) is 11.3 Å². The number of carbonyl (C=O) groups is 1. The highest BCUT2D eigenvalue weighted by Gasteiger charge is 2.08. The lowest BCUT2D eigenvalue weighted by Crippen LogP contribution is -2.12. The normalized spacial score (nSPS) is 10.4. The third-order valence-corrected chi connectivity index (χ3v) is 3.10. The standard InChI is InChI=1S/C15H14N4O/c1-11-10-16-18-14(11)17-15(20)12-4-6-13(7-5-12)19-8-2-3-9-19/h2-10H,1H3,(H2,16,17,18,20). The third kappa shape index (κ3) is 2.33. The lowest BCUT2D eigenvalue weighted by molar-refractivity contribution is 0.102. The van der Waals surface area contributed by atoms with Gasteiger partial charge in [-0.3, -0.25) is 9.89 Å². The van der Waals surface area contributed by atoms with Crippen LogP contribution in [0, 0.1) is 6.92 Å². The van der Waals surface area contributed by atoms with Crippen molar-refractivity contribution >= 4 is 11.7 Å². The molecule has 0 bridgehead atoms. The van der Waals surface area contributed by atoms with Crippen LogP contribution < -0.4 is 5.32 Å². The monoisotopic (exact) mass is 266 g/mol. The van der Waals surface area contributed by atoms with Crippen LogP contribution in [0.4, 0.5) is 5.82 Å². The summed E-state index contributed by atoms with van der Waals surface area (Å²) in [5, 5.41) is 9.42. The number of H-pyrrole nitrogens is 1. The average Bonchev–Trinajstić information content (AvgIpc) is 3.12. The molecule has 100 valence electrons. The van der Waals surface area contributed by atoms with Gasteiger partial charge < -0.3 is 9.88 Å². The first-order chi connectivity index (χ1) is 9.74. The first-order valence-corrected chi connectivity index (χ1v) is 6.29. The maximum atomic E-state index is 12.1. The fourth-order valence-corrected chi connectivity index (χ4v) is 1.95. The average molecular weight is 266 g/mol. The zero-order valence-electron chi connectivity index (χ0n) is 11.0. The number of aromatic amines is 1. The fourth-order valence-electron chi connectivity index (χ4n) is 1.95. The summed E-state index contributed by atoms with van der Waals surface area (Å²) in [6.45, 7) is 1.88. The second-order valence-electron chi connectivity index (χ2n) is 4.52. The summed E-state index contributed by atoms with van der Waals surface area (Å²) in [5.74, 6) is 0.473. The minimum atomic E-state index is -0.156. The van der Waals surface area contributed by atoms with Crippen LogP contribution >= 0.6 is 0 Å². The Morgan fingerprint density at radius 3 is 2.50 bits per heavy atom. The maximum Gasteiger partial charge on any atom is 0.256 e. The van der Waals surface area contributed by atoms with Gasteiger partial charge in [0, 0.05) is 29.2 Å². The van der Waals surface area contributed by atoms with E-state index in [0.29, 0.717) is 11.4 Å².